The summed E-state index contributed by atoms with van der Waals surface area (Å²) in [4.78, 5) is 12.3. The quantitative estimate of drug-likeness (QED) is 0.626. The Balaban J connectivity index is 1.45. The van der Waals surface area contributed by atoms with Gasteiger partial charge in [0.25, 0.3) is 0 Å². The molecule has 1 aliphatic carbocycles. The Labute approximate surface area is 182 Å². The molecule has 31 heavy (non-hydrogen) atoms. The van der Waals surface area contributed by atoms with Gasteiger partial charge in [0.15, 0.2) is 0 Å². The minimum absolute atomic E-state index is 0.0650. The average Bonchev–Trinajstić information content (AvgIpc) is 3.48. The van der Waals surface area contributed by atoms with Gasteiger partial charge in [-0.1, -0.05) is 0 Å². The van der Waals surface area contributed by atoms with Crippen LogP contribution in [0.3, 0.4) is 0 Å². The summed E-state index contributed by atoms with van der Waals surface area (Å²) in [6.45, 7) is 12.1. The van der Waals surface area contributed by atoms with Crippen LogP contribution in [0.1, 0.15) is 39.5 Å². The number of nitrogens with one attached hydrogen (secondary N) is 1. The van der Waals surface area contributed by atoms with E-state index >= 15 is 0 Å². The summed E-state index contributed by atoms with van der Waals surface area (Å²) in [6.07, 6.45) is 7.76. The van der Waals surface area contributed by atoms with Crippen LogP contribution in [-0.4, -0.2) is 67.6 Å². The van der Waals surface area contributed by atoms with Gasteiger partial charge in [0.2, 0.25) is 21.7 Å². The fraction of sp³-hybridized carbons (Fsp3) is 0.600. The maximum Gasteiger partial charge on any atom is 0.231 e. The number of piperidine rings is 1. The lowest BCUT2D eigenvalue weighted by Gasteiger charge is -2.31. The van der Waals surface area contributed by atoms with Crippen LogP contribution < -0.4 is 5.32 Å². The van der Waals surface area contributed by atoms with Gasteiger partial charge >= 0.3 is 0 Å². The molecule has 2 aliphatic rings. The van der Waals surface area contributed by atoms with Crippen molar-refractivity contribution in [3.05, 3.63) is 30.0 Å². The highest BCUT2D eigenvalue weighted by Gasteiger charge is 2.41. The molecule has 3 heterocycles. The van der Waals surface area contributed by atoms with Crippen LogP contribution in [0.15, 0.2) is 18.6 Å². The lowest BCUT2D eigenvalue weighted by atomic mass is 10.1. The molecule has 0 bridgehead atoms. The molecule has 0 unspecified atom stereocenters. The van der Waals surface area contributed by atoms with Crippen LogP contribution in [0.5, 0.6) is 0 Å². The number of rotatable bonds is 7. The number of hydrogen-bond donors (Lipinski definition) is 2. The molecule has 0 radical (unpaired) electrons. The fourth-order valence-electron chi connectivity index (χ4n) is 3.72. The van der Waals surface area contributed by atoms with Crippen molar-refractivity contribution in [2.45, 2.75) is 63.0 Å². The first-order valence-electron chi connectivity index (χ1n) is 10.4. The number of nitrogens with zero attached hydrogens (tertiary/aromatic N) is 6. The van der Waals surface area contributed by atoms with Crippen molar-refractivity contribution in [3.63, 3.8) is 0 Å². The van der Waals surface area contributed by atoms with E-state index < -0.39 is 15.6 Å². The zero-order valence-corrected chi connectivity index (χ0v) is 18.5. The summed E-state index contributed by atoms with van der Waals surface area (Å²) >= 11 is 0. The van der Waals surface area contributed by atoms with Crippen LogP contribution in [0, 0.1) is 6.57 Å². The van der Waals surface area contributed by atoms with E-state index in [1.807, 2.05) is 0 Å². The van der Waals surface area contributed by atoms with Gasteiger partial charge in [0, 0.05) is 37.1 Å². The van der Waals surface area contributed by atoms with Crippen LogP contribution >= 0.6 is 0 Å². The van der Waals surface area contributed by atoms with Crippen LogP contribution in [0.2, 0.25) is 0 Å². The first-order valence-corrected chi connectivity index (χ1v) is 11.9. The van der Waals surface area contributed by atoms with Crippen LogP contribution in [0.25, 0.3) is 16.1 Å². The lowest BCUT2D eigenvalue weighted by molar-refractivity contribution is 0.0577. The predicted octanol–water partition coefficient (Wildman–Crippen LogP) is 2.03. The zero-order chi connectivity index (χ0) is 22.2. The molecule has 1 aliphatic heterocycles. The van der Waals surface area contributed by atoms with Gasteiger partial charge in [-0.2, -0.15) is 5.10 Å². The van der Waals surface area contributed by atoms with Crippen molar-refractivity contribution in [2.24, 2.45) is 0 Å². The molecule has 11 heteroatoms. The third-order valence-corrected chi connectivity index (χ3v) is 7.84. The van der Waals surface area contributed by atoms with Gasteiger partial charge in [-0.15, -0.1) is 0 Å². The van der Waals surface area contributed by atoms with E-state index in [2.05, 4.69) is 25.2 Å². The Morgan fingerprint density at radius 2 is 1.97 bits per heavy atom. The minimum atomic E-state index is -3.13. The SMILES string of the molecule is [C-]#[N+]c1cnc(NC2CCN(S(=O)(=O)C3CC3)CC2)nc1-c1cnn(CC(C)(C)O)c1. The van der Waals surface area contributed by atoms with Crippen molar-refractivity contribution >= 4 is 21.7 Å². The van der Waals surface area contributed by atoms with Crippen molar-refractivity contribution in [2.75, 3.05) is 18.4 Å². The van der Waals surface area contributed by atoms with E-state index in [0.29, 0.717) is 55.4 Å². The molecule has 166 valence electrons. The molecular formula is C20H27N7O3S. The van der Waals surface area contributed by atoms with Crippen molar-refractivity contribution < 1.29 is 13.5 Å². The molecule has 2 N–H and O–H groups in total. The number of sulfonamides is 1. The lowest BCUT2D eigenvalue weighted by Crippen LogP contribution is -2.43. The van der Waals surface area contributed by atoms with Gasteiger partial charge in [-0.25, -0.2) is 27.5 Å². The third kappa shape index (κ3) is 5.03. The van der Waals surface area contributed by atoms with Crippen molar-refractivity contribution in [1.82, 2.24) is 24.1 Å². The molecule has 0 aromatic carbocycles. The van der Waals surface area contributed by atoms with Gasteiger partial charge in [-0.3, -0.25) is 4.68 Å². The Morgan fingerprint density at radius 3 is 2.58 bits per heavy atom. The van der Waals surface area contributed by atoms with Gasteiger partial charge in [0.1, 0.15) is 0 Å². The molecule has 0 amide bonds. The number of hydrogen-bond acceptors (Lipinski definition) is 7. The predicted molar refractivity (Wildman–Crippen MR) is 116 cm³/mol. The summed E-state index contributed by atoms with van der Waals surface area (Å²) in [7, 11) is -3.13. The highest BCUT2D eigenvalue weighted by molar-refractivity contribution is 7.90. The van der Waals surface area contributed by atoms with Gasteiger partial charge < -0.3 is 10.4 Å². The first-order chi connectivity index (χ1) is 14.7. The molecule has 4 rings (SSSR count). The average molecular weight is 446 g/mol. The normalized spacial score (nSPS) is 18.6. The summed E-state index contributed by atoms with van der Waals surface area (Å²) < 4.78 is 28.0. The monoisotopic (exact) mass is 445 g/mol. The smallest absolute Gasteiger partial charge is 0.231 e. The van der Waals surface area contributed by atoms with Crippen LogP contribution in [0.4, 0.5) is 11.6 Å². The van der Waals surface area contributed by atoms with E-state index in [1.165, 1.54) is 6.20 Å². The van der Waals surface area contributed by atoms with Gasteiger partial charge in [0.05, 0.1) is 35.9 Å². The highest BCUT2D eigenvalue weighted by atomic mass is 32.2. The summed E-state index contributed by atoms with van der Waals surface area (Å²) in [5.41, 5.74) is 0.555. The second-order valence-electron chi connectivity index (χ2n) is 8.84. The number of aliphatic hydroxyl groups is 1. The Bertz CT molecular complexity index is 1090. The fourth-order valence-corrected chi connectivity index (χ4v) is 5.60. The molecule has 0 atom stereocenters. The second kappa shape index (κ2) is 8.18. The van der Waals surface area contributed by atoms with Crippen molar-refractivity contribution in [1.29, 1.82) is 0 Å². The number of aromatic nitrogens is 4. The van der Waals surface area contributed by atoms with E-state index in [4.69, 9.17) is 6.57 Å². The molecule has 1 saturated heterocycles. The van der Waals surface area contributed by atoms with Crippen molar-refractivity contribution in [3.8, 4) is 11.3 Å². The third-order valence-electron chi connectivity index (χ3n) is 5.44. The standard InChI is InChI=1S/C20H27N7O3S/c1-20(2,28)13-26-12-14(10-23-26)18-17(21-3)11-22-19(25-18)24-15-6-8-27(9-7-15)31(29,30)16-4-5-16/h10-12,15-16,28H,4-9,13H2,1-2H3,(H,22,24,25). The maximum absolute atomic E-state index is 12.4. The summed E-state index contributed by atoms with van der Waals surface area (Å²) in [5, 5.41) is 17.4. The molecule has 1 saturated carbocycles. The minimum Gasteiger partial charge on any atom is -0.389 e. The van der Waals surface area contributed by atoms with E-state index in [9.17, 15) is 13.5 Å². The topological polar surface area (TPSA) is 118 Å². The van der Waals surface area contributed by atoms with E-state index in [1.54, 1.807) is 35.2 Å². The maximum atomic E-state index is 12.4. The summed E-state index contributed by atoms with van der Waals surface area (Å²) in [6, 6.07) is 0.0650. The van der Waals surface area contributed by atoms with E-state index in [-0.39, 0.29) is 11.3 Å². The molecule has 0 spiro atoms. The second-order valence-corrected chi connectivity index (χ2v) is 11.1. The molecule has 2 aromatic rings. The van der Waals surface area contributed by atoms with E-state index in [0.717, 1.165) is 12.8 Å². The molecule has 10 nitrogen and oxygen atoms in total. The Kier molecular flexibility index (Phi) is 5.72. The summed E-state index contributed by atoms with van der Waals surface area (Å²) in [5.74, 6) is 0.404. The molecular weight excluding hydrogens is 418 g/mol. The Hall–Kier alpha value is -2.55. The van der Waals surface area contributed by atoms with Gasteiger partial charge in [-0.05, 0) is 39.5 Å². The number of anilines is 1. The Morgan fingerprint density at radius 1 is 1.26 bits per heavy atom. The largest absolute Gasteiger partial charge is 0.389 e. The molecule has 2 aromatic heterocycles. The molecule has 2 fully saturated rings. The first kappa shape index (κ1) is 21.7. The van der Waals surface area contributed by atoms with Crippen LogP contribution in [-0.2, 0) is 16.6 Å². The zero-order valence-electron chi connectivity index (χ0n) is 17.7. The highest BCUT2D eigenvalue weighted by Crippen LogP contribution is 2.33.